The van der Waals surface area contributed by atoms with Crippen molar-refractivity contribution in [3.05, 3.63) is 52.9 Å². The second-order valence-corrected chi connectivity index (χ2v) is 5.40. The molecular weight excluding hydrogens is 310 g/mol. The van der Waals surface area contributed by atoms with Crippen LogP contribution in [0.2, 0.25) is 0 Å². The normalized spacial score (nSPS) is 11.2. The van der Waals surface area contributed by atoms with Crippen molar-refractivity contribution in [2.24, 2.45) is 5.18 Å². The molecule has 0 atom stereocenters. The molecule has 0 bridgehead atoms. The highest BCUT2D eigenvalue weighted by molar-refractivity contribution is 6.08. The van der Waals surface area contributed by atoms with E-state index in [0.717, 1.165) is 5.39 Å². The first-order chi connectivity index (χ1) is 11.6. The SMILES string of the molecule is O=Nc1c(-c2c(O)[nH]c3ccccc23)[nH]c2cc(C(=O)O)ccc12. The van der Waals surface area contributed by atoms with Crippen molar-refractivity contribution in [2.75, 3.05) is 0 Å². The Hall–Kier alpha value is -3.61. The number of aromatic carboxylic acids is 1. The molecule has 4 N–H and O–H groups in total. The third-order valence-corrected chi connectivity index (χ3v) is 4.05. The standard InChI is InChI=1S/C17H11N3O4/c21-16-13(9-3-1-2-4-11(9)19-16)15-14(20-24)10-6-5-8(17(22)23)7-12(10)18-15/h1-7,18-19,21H,(H,22,23). The van der Waals surface area contributed by atoms with Gasteiger partial charge in [0.2, 0.25) is 0 Å². The van der Waals surface area contributed by atoms with E-state index in [1.165, 1.54) is 18.2 Å². The molecule has 0 radical (unpaired) electrons. The van der Waals surface area contributed by atoms with E-state index in [2.05, 4.69) is 15.1 Å². The minimum Gasteiger partial charge on any atom is -0.494 e. The highest BCUT2D eigenvalue weighted by Crippen LogP contribution is 2.44. The van der Waals surface area contributed by atoms with Gasteiger partial charge in [-0.15, -0.1) is 4.91 Å². The highest BCUT2D eigenvalue weighted by atomic mass is 16.4. The highest BCUT2D eigenvalue weighted by Gasteiger charge is 2.21. The van der Waals surface area contributed by atoms with Crippen LogP contribution in [0, 0.1) is 4.91 Å². The molecule has 0 fully saturated rings. The molecule has 4 aromatic rings. The molecular formula is C17H11N3O4. The second kappa shape index (κ2) is 4.95. The van der Waals surface area contributed by atoms with Gasteiger partial charge in [0.05, 0.1) is 16.8 Å². The van der Waals surface area contributed by atoms with Crippen molar-refractivity contribution in [3.8, 4) is 17.1 Å². The summed E-state index contributed by atoms with van der Waals surface area (Å²) >= 11 is 0. The number of nitrogens with zero attached hydrogens (tertiary/aromatic N) is 1. The van der Waals surface area contributed by atoms with Gasteiger partial charge in [0.25, 0.3) is 0 Å². The fourth-order valence-electron chi connectivity index (χ4n) is 2.97. The van der Waals surface area contributed by atoms with E-state index in [1.54, 1.807) is 6.07 Å². The van der Waals surface area contributed by atoms with Gasteiger partial charge in [-0.3, -0.25) is 0 Å². The minimum absolute atomic E-state index is 0.0916. The summed E-state index contributed by atoms with van der Waals surface area (Å²) in [6.45, 7) is 0. The first kappa shape index (κ1) is 14.0. The quantitative estimate of drug-likeness (QED) is 0.424. The number of H-pyrrole nitrogens is 2. The molecule has 2 aromatic heterocycles. The largest absolute Gasteiger partial charge is 0.494 e. The Balaban J connectivity index is 2.07. The predicted molar refractivity (Wildman–Crippen MR) is 89.7 cm³/mol. The van der Waals surface area contributed by atoms with Crippen molar-refractivity contribution in [3.63, 3.8) is 0 Å². The molecule has 24 heavy (non-hydrogen) atoms. The Kier molecular flexibility index (Phi) is 2.89. The zero-order valence-electron chi connectivity index (χ0n) is 12.2. The number of nitroso groups, excluding NO2 is 1. The number of hydrogen-bond donors (Lipinski definition) is 4. The molecule has 0 unspecified atom stereocenters. The van der Waals surface area contributed by atoms with Crippen molar-refractivity contribution in [1.82, 2.24) is 9.97 Å². The van der Waals surface area contributed by atoms with E-state index in [9.17, 15) is 14.8 Å². The number of nitrogens with one attached hydrogen (secondary N) is 2. The van der Waals surface area contributed by atoms with Gasteiger partial charge in [-0.25, -0.2) is 4.79 Å². The lowest BCUT2D eigenvalue weighted by atomic mass is 10.1. The monoisotopic (exact) mass is 321 g/mol. The molecule has 0 spiro atoms. The van der Waals surface area contributed by atoms with Gasteiger partial charge in [0, 0.05) is 21.8 Å². The summed E-state index contributed by atoms with van der Waals surface area (Å²) < 4.78 is 0. The minimum atomic E-state index is -1.07. The number of aromatic nitrogens is 2. The number of carbonyl (C=O) groups is 1. The second-order valence-electron chi connectivity index (χ2n) is 5.40. The average Bonchev–Trinajstić information content (AvgIpc) is 3.09. The first-order valence-corrected chi connectivity index (χ1v) is 7.12. The zero-order chi connectivity index (χ0) is 16.8. The molecule has 7 heteroatoms. The van der Waals surface area contributed by atoms with E-state index < -0.39 is 5.97 Å². The van der Waals surface area contributed by atoms with Crippen LogP contribution in [-0.4, -0.2) is 26.2 Å². The molecule has 2 heterocycles. The lowest BCUT2D eigenvalue weighted by Crippen LogP contribution is -1.94. The summed E-state index contributed by atoms with van der Waals surface area (Å²) in [5, 5.41) is 23.7. The van der Waals surface area contributed by atoms with Gasteiger partial charge in [-0.05, 0) is 29.4 Å². The van der Waals surface area contributed by atoms with Gasteiger partial charge in [-0.2, -0.15) is 0 Å². The number of rotatable bonds is 3. The maximum atomic E-state index is 11.4. The number of para-hydroxylation sites is 1. The summed E-state index contributed by atoms with van der Waals surface area (Å²) in [5.41, 5.74) is 2.17. The van der Waals surface area contributed by atoms with Crippen molar-refractivity contribution in [2.45, 2.75) is 0 Å². The van der Waals surface area contributed by atoms with Crippen LogP contribution < -0.4 is 0 Å². The molecule has 4 rings (SSSR count). The van der Waals surface area contributed by atoms with E-state index in [0.29, 0.717) is 27.7 Å². The van der Waals surface area contributed by atoms with Gasteiger partial charge in [0.15, 0.2) is 5.88 Å². The van der Waals surface area contributed by atoms with Crippen LogP contribution in [0.1, 0.15) is 10.4 Å². The van der Waals surface area contributed by atoms with Gasteiger partial charge >= 0.3 is 5.97 Å². The Bertz CT molecular complexity index is 1120. The van der Waals surface area contributed by atoms with Crippen molar-refractivity contribution in [1.29, 1.82) is 0 Å². The smallest absolute Gasteiger partial charge is 0.335 e. The zero-order valence-corrected chi connectivity index (χ0v) is 12.2. The van der Waals surface area contributed by atoms with Crippen LogP contribution in [0.3, 0.4) is 0 Å². The Morgan fingerprint density at radius 1 is 1.00 bits per heavy atom. The van der Waals surface area contributed by atoms with Crippen LogP contribution in [0.5, 0.6) is 5.88 Å². The molecule has 118 valence electrons. The number of benzene rings is 2. The summed E-state index contributed by atoms with van der Waals surface area (Å²) in [5.74, 6) is -1.16. The van der Waals surface area contributed by atoms with Crippen LogP contribution >= 0.6 is 0 Å². The van der Waals surface area contributed by atoms with E-state index in [-0.39, 0.29) is 17.1 Å². The van der Waals surface area contributed by atoms with E-state index >= 15 is 0 Å². The van der Waals surface area contributed by atoms with Gasteiger partial charge < -0.3 is 20.2 Å². The summed E-state index contributed by atoms with van der Waals surface area (Å²) in [7, 11) is 0. The number of aromatic hydroxyl groups is 1. The Morgan fingerprint density at radius 2 is 1.79 bits per heavy atom. The first-order valence-electron chi connectivity index (χ1n) is 7.12. The molecule has 0 saturated carbocycles. The average molecular weight is 321 g/mol. The van der Waals surface area contributed by atoms with Gasteiger partial charge in [-0.1, -0.05) is 18.2 Å². The number of aromatic amines is 2. The van der Waals surface area contributed by atoms with Crippen LogP contribution in [0.15, 0.2) is 47.6 Å². The van der Waals surface area contributed by atoms with Crippen molar-refractivity contribution < 1.29 is 15.0 Å². The fourth-order valence-corrected chi connectivity index (χ4v) is 2.97. The van der Waals surface area contributed by atoms with Crippen LogP contribution in [0.25, 0.3) is 33.1 Å². The molecule has 0 aliphatic carbocycles. The van der Waals surface area contributed by atoms with E-state index in [4.69, 9.17) is 5.11 Å². The lowest BCUT2D eigenvalue weighted by Gasteiger charge is -1.98. The number of carboxylic acids is 1. The Labute approximate surface area is 134 Å². The summed E-state index contributed by atoms with van der Waals surface area (Å²) in [6.07, 6.45) is 0. The van der Waals surface area contributed by atoms with E-state index in [1.807, 2.05) is 18.2 Å². The van der Waals surface area contributed by atoms with Crippen LogP contribution in [-0.2, 0) is 0 Å². The third-order valence-electron chi connectivity index (χ3n) is 4.05. The molecule has 2 aromatic carbocycles. The third kappa shape index (κ3) is 1.88. The molecule has 0 aliphatic heterocycles. The molecule has 0 saturated heterocycles. The van der Waals surface area contributed by atoms with Gasteiger partial charge in [0.1, 0.15) is 5.69 Å². The summed E-state index contributed by atoms with van der Waals surface area (Å²) in [6, 6.07) is 11.6. The molecule has 7 nitrogen and oxygen atoms in total. The number of fused-ring (bicyclic) bond motifs is 2. The Morgan fingerprint density at radius 3 is 2.54 bits per heavy atom. The van der Waals surface area contributed by atoms with Crippen molar-refractivity contribution >= 4 is 33.5 Å². The van der Waals surface area contributed by atoms with Crippen LogP contribution in [0.4, 0.5) is 5.69 Å². The molecule has 0 aliphatic rings. The fraction of sp³-hybridized carbons (Fsp3) is 0. The number of hydrogen-bond acceptors (Lipinski definition) is 4. The number of carboxylic acid groups (broad SMARTS) is 1. The maximum Gasteiger partial charge on any atom is 0.335 e. The summed E-state index contributed by atoms with van der Waals surface area (Å²) in [4.78, 5) is 28.4. The maximum absolute atomic E-state index is 11.4. The topological polar surface area (TPSA) is 119 Å². The predicted octanol–water partition coefficient (Wildman–Crippen LogP) is 4.12. The lowest BCUT2D eigenvalue weighted by molar-refractivity contribution is 0.0697. The molecule has 0 amide bonds.